The number of rotatable bonds is 1. The second kappa shape index (κ2) is 6.44. The number of anilines is 1. The van der Waals surface area contributed by atoms with Gasteiger partial charge in [0.1, 0.15) is 0 Å². The number of alkyl halides is 3. The molecule has 2 aromatic carbocycles. The lowest BCUT2D eigenvalue weighted by molar-refractivity contribution is -0.344. The molecule has 29 heavy (non-hydrogen) atoms. The first-order valence-electron chi connectivity index (χ1n) is 9.58. The van der Waals surface area contributed by atoms with E-state index in [4.69, 9.17) is 0 Å². The van der Waals surface area contributed by atoms with Crippen LogP contribution < -0.4 is 10.3 Å². The van der Waals surface area contributed by atoms with E-state index in [1.165, 1.54) is 12.1 Å². The number of hydrogen-bond donors (Lipinski definition) is 1. The number of pyridine rings is 1. The van der Waals surface area contributed by atoms with Gasteiger partial charge in [-0.25, -0.2) is 4.98 Å². The number of Topliss-reactive ketones (excluding diaryl/α,β-unsaturated/α-hetero) is 1. The highest BCUT2D eigenvalue weighted by atomic mass is 19.4. The molecule has 2 N–H and O–H groups in total. The highest BCUT2D eigenvalue weighted by Gasteiger charge is 2.41. The first kappa shape index (κ1) is 17.9. The van der Waals surface area contributed by atoms with Crippen molar-refractivity contribution in [2.24, 2.45) is 0 Å². The largest absolute Gasteiger partial charge is 0.416 e. The third-order valence-corrected chi connectivity index (χ3v) is 5.78. The van der Waals surface area contributed by atoms with Crippen LogP contribution in [0.1, 0.15) is 41.9 Å². The number of carbonyl (C=O) groups is 1. The van der Waals surface area contributed by atoms with E-state index < -0.39 is 17.7 Å². The van der Waals surface area contributed by atoms with Gasteiger partial charge < -0.3 is 5.32 Å². The summed E-state index contributed by atoms with van der Waals surface area (Å²) in [6.07, 6.45) is -1.01. The van der Waals surface area contributed by atoms with Gasteiger partial charge in [0.2, 0.25) is 5.52 Å². The molecule has 1 atom stereocenters. The standard InChI is InChI=1S/C23H17F3N2O/c24-23(25,26)15-7-2-1-5-13(15)21-20-14-6-4-12-27-16(14)10-11-18(20)28-17-8-3-9-19(29)22(17)21/h1-2,4-7,10-12,21,28H,3,8-9H2/p+1. The molecular formula is C23H18F3N2O+. The van der Waals surface area contributed by atoms with Crippen molar-refractivity contribution in [3.8, 4) is 0 Å². The molecule has 0 bridgehead atoms. The summed E-state index contributed by atoms with van der Waals surface area (Å²) in [7, 11) is 0. The Balaban J connectivity index is 1.87. The molecule has 0 saturated heterocycles. The summed E-state index contributed by atoms with van der Waals surface area (Å²) >= 11 is 0. The maximum Gasteiger partial charge on any atom is 0.416 e. The second-order valence-electron chi connectivity index (χ2n) is 7.47. The van der Waals surface area contributed by atoms with Gasteiger partial charge in [0.05, 0.1) is 10.9 Å². The van der Waals surface area contributed by atoms with Crippen LogP contribution in [-0.4, -0.2) is 5.78 Å². The lowest BCUT2D eigenvalue weighted by Crippen LogP contribution is -2.28. The van der Waals surface area contributed by atoms with Gasteiger partial charge in [0, 0.05) is 47.0 Å². The van der Waals surface area contributed by atoms with Crippen molar-refractivity contribution in [1.29, 1.82) is 0 Å². The number of fused-ring (bicyclic) bond motifs is 3. The van der Waals surface area contributed by atoms with Crippen LogP contribution in [-0.2, 0) is 11.0 Å². The van der Waals surface area contributed by atoms with Gasteiger partial charge in [-0.1, -0.05) is 18.2 Å². The van der Waals surface area contributed by atoms with Gasteiger partial charge in [-0.05, 0) is 36.6 Å². The Morgan fingerprint density at radius 2 is 1.83 bits per heavy atom. The smallest absolute Gasteiger partial charge is 0.358 e. The van der Waals surface area contributed by atoms with E-state index in [-0.39, 0.29) is 11.3 Å². The van der Waals surface area contributed by atoms with Crippen molar-refractivity contribution >= 4 is 22.4 Å². The quantitative estimate of drug-likeness (QED) is 0.613. The number of carbonyl (C=O) groups excluding carboxylic acids is 1. The summed E-state index contributed by atoms with van der Waals surface area (Å²) in [6.45, 7) is 0. The molecule has 2 aliphatic rings. The van der Waals surface area contributed by atoms with Gasteiger partial charge >= 0.3 is 6.18 Å². The lowest BCUT2D eigenvalue weighted by atomic mass is 9.73. The molecule has 6 heteroatoms. The van der Waals surface area contributed by atoms with Crippen molar-refractivity contribution in [3.05, 3.63) is 82.7 Å². The number of benzene rings is 2. The summed E-state index contributed by atoms with van der Waals surface area (Å²) in [5.74, 6) is -0.838. The monoisotopic (exact) mass is 395 g/mol. The maximum atomic E-state index is 13.9. The first-order valence-corrected chi connectivity index (χ1v) is 9.58. The molecule has 3 aromatic rings. The predicted octanol–water partition coefficient (Wildman–Crippen LogP) is 5.24. The molecule has 146 valence electrons. The van der Waals surface area contributed by atoms with E-state index in [0.717, 1.165) is 28.4 Å². The average molecular weight is 395 g/mol. The van der Waals surface area contributed by atoms with Gasteiger partial charge in [0.15, 0.2) is 12.0 Å². The SMILES string of the molecule is O=C1CCCC2=C1C(c1ccccc1C(F)(F)F)c1c(ccc3[nH+]cccc13)N2. The van der Waals surface area contributed by atoms with Crippen LogP contribution in [0.4, 0.5) is 18.9 Å². The molecule has 0 saturated carbocycles. The molecular weight excluding hydrogens is 377 g/mol. The molecule has 3 nitrogen and oxygen atoms in total. The zero-order valence-electron chi connectivity index (χ0n) is 15.4. The summed E-state index contributed by atoms with van der Waals surface area (Å²) in [4.78, 5) is 16.1. The second-order valence-corrected chi connectivity index (χ2v) is 7.47. The van der Waals surface area contributed by atoms with Crippen LogP contribution in [0.15, 0.2) is 66.0 Å². The lowest BCUT2D eigenvalue weighted by Gasteiger charge is -2.35. The van der Waals surface area contributed by atoms with Gasteiger partial charge in [-0.3, -0.25) is 4.79 Å². The van der Waals surface area contributed by atoms with Crippen LogP contribution in [0.3, 0.4) is 0 Å². The number of halogens is 3. The fraction of sp³-hybridized carbons (Fsp3) is 0.217. The van der Waals surface area contributed by atoms with Crippen molar-refractivity contribution in [2.45, 2.75) is 31.4 Å². The number of ketones is 1. The van der Waals surface area contributed by atoms with E-state index in [9.17, 15) is 18.0 Å². The Morgan fingerprint density at radius 1 is 1.00 bits per heavy atom. The number of hydrogen-bond acceptors (Lipinski definition) is 2. The third-order valence-electron chi connectivity index (χ3n) is 5.78. The predicted molar refractivity (Wildman–Crippen MR) is 103 cm³/mol. The molecule has 1 aromatic heterocycles. The van der Waals surface area contributed by atoms with Crippen molar-refractivity contribution in [2.75, 3.05) is 5.32 Å². The third kappa shape index (κ3) is 2.82. The zero-order chi connectivity index (χ0) is 20.2. The van der Waals surface area contributed by atoms with Crippen molar-refractivity contribution in [1.82, 2.24) is 0 Å². The number of aromatic amines is 1. The Hall–Kier alpha value is -3.15. The van der Waals surface area contributed by atoms with Crippen LogP contribution >= 0.6 is 0 Å². The molecule has 0 fully saturated rings. The van der Waals surface area contributed by atoms with E-state index in [0.29, 0.717) is 30.4 Å². The summed E-state index contributed by atoms with van der Waals surface area (Å²) in [5.41, 5.74) is 2.93. The fourth-order valence-corrected chi connectivity index (χ4v) is 4.60. The fourth-order valence-electron chi connectivity index (χ4n) is 4.60. The molecule has 2 heterocycles. The molecule has 0 amide bonds. The number of H-pyrrole nitrogens is 1. The minimum atomic E-state index is -4.50. The van der Waals surface area contributed by atoms with E-state index in [1.54, 1.807) is 12.3 Å². The highest BCUT2D eigenvalue weighted by molar-refractivity contribution is 6.03. The number of nitrogens with one attached hydrogen (secondary N) is 2. The van der Waals surface area contributed by atoms with E-state index in [2.05, 4.69) is 10.3 Å². The van der Waals surface area contributed by atoms with Gasteiger partial charge in [-0.15, -0.1) is 0 Å². The first-order chi connectivity index (χ1) is 13.9. The number of allylic oxidation sites excluding steroid dienone is 2. The normalized spacial score (nSPS) is 19.0. The summed E-state index contributed by atoms with van der Waals surface area (Å²) in [5, 5.41) is 4.15. The molecule has 0 spiro atoms. The van der Waals surface area contributed by atoms with Gasteiger partial charge in [0.25, 0.3) is 0 Å². The summed E-state index contributed by atoms with van der Waals surface area (Å²) in [6, 6.07) is 13.1. The zero-order valence-corrected chi connectivity index (χ0v) is 15.4. The Morgan fingerprint density at radius 3 is 2.66 bits per heavy atom. The molecule has 1 unspecified atom stereocenters. The van der Waals surface area contributed by atoms with Crippen molar-refractivity contribution in [3.63, 3.8) is 0 Å². The van der Waals surface area contributed by atoms with Crippen LogP contribution in [0, 0.1) is 0 Å². The molecule has 1 aliphatic carbocycles. The van der Waals surface area contributed by atoms with Gasteiger partial charge in [-0.2, -0.15) is 13.2 Å². The Kier molecular flexibility index (Phi) is 3.98. The van der Waals surface area contributed by atoms with E-state index >= 15 is 0 Å². The van der Waals surface area contributed by atoms with Crippen molar-refractivity contribution < 1.29 is 22.9 Å². The minimum Gasteiger partial charge on any atom is -0.358 e. The maximum absolute atomic E-state index is 13.9. The van der Waals surface area contributed by atoms with E-state index in [1.807, 2.05) is 24.3 Å². The Labute approximate surface area is 165 Å². The molecule has 1 aliphatic heterocycles. The number of aromatic nitrogens is 1. The Bertz CT molecular complexity index is 1180. The average Bonchev–Trinajstić information content (AvgIpc) is 2.71. The van der Waals surface area contributed by atoms with Crippen LogP contribution in [0.2, 0.25) is 0 Å². The van der Waals surface area contributed by atoms with Crippen LogP contribution in [0.25, 0.3) is 10.9 Å². The molecule has 5 rings (SSSR count). The minimum absolute atomic E-state index is 0.0803. The summed E-state index contributed by atoms with van der Waals surface area (Å²) < 4.78 is 41.7. The molecule has 0 radical (unpaired) electrons. The topological polar surface area (TPSA) is 43.2 Å². The highest BCUT2D eigenvalue weighted by Crippen LogP contribution is 2.50. The van der Waals surface area contributed by atoms with Crippen LogP contribution in [0.5, 0.6) is 0 Å².